The summed E-state index contributed by atoms with van der Waals surface area (Å²) in [5.74, 6) is 0.274. The van der Waals surface area contributed by atoms with Gasteiger partial charge in [-0.25, -0.2) is 0 Å². The molecule has 3 rings (SSSR count). The van der Waals surface area contributed by atoms with Gasteiger partial charge in [0.2, 0.25) is 5.91 Å². The molecular weight excluding hydrogens is 309 g/mol. The fourth-order valence-corrected chi connectivity index (χ4v) is 3.97. The molecule has 0 aromatic rings. The molecule has 1 amide bonds. The minimum absolute atomic E-state index is 0. The second kappa shape index (κ2) is 8.00. The van der Waals surface area contributed by atoms with E-state index < -0.39 is 0 Å². The first kappa shape index (κ1) is 19.0. The molecule has 0 aromatic carbocycles. The van der Waals surface area contributed by atoms with Gasteiger partial charge in [-0.15, -0.1) is 24.8 Å². The van der Waals surface area contributed by atoms with Gasteiger partial charge >= 0.3 is 0 Å². The number of fused-ring (bicyclic) bond motifs is 1. The van der Waals surface area contributed by atoms with Crippen LogP contribution in [0, 0.1) is 5.41 Å². The van der Waals surface area contributed by atoms with Gasteiger partial charge < -0.3 is 15.5 Å². The Morgan fingerprint density at radius 2 is 2.05 bits per heavy atom. The largest absolute Gasteiger partial charge is 0.353 e. The van der Waals surface area contributed by atoms with Gasteiger partial charge in [-0.2, -0.15) is 0 Å². The van der Waals surface area contributed by atoms with Gasteiger partial charge in [-0.3, -0.25) is 4.79 Å². The van der Waals surface area contributed by atoms with Crippen LogP contribution in [-0.4, -0.2) is 49.1 Å². The first-order valence-corrected chi connectivity index (χ1v) is 7.93. The van der Waals surface area contributed by atoms with Crippen molar-refractivity contribution in [3.8, 4) is 0 Å². The van der Waals surface area contributed by atoms with Crippen LogP contribution in [0.2, 0.25) is 0 Å². The Morgan fingerprint density at radius 1 is 1.24 bits per heavy atom. The van der Waals surface area contributed by atoms with Crippen LogP contribution in [-0.2, 0) is 4.79 Å². The standard InChI is InChI=1S/C15H27N3O.2ClH/c1-15(6-3-7-16-11-15)14(19)17-12-5-9-18-8-2-4-13(18)10-12;;/h12-13,16H,2-11H2,1H3,(H,17,19);2*1H. The number of carbonyl (C=O) groups is 1. The molecule has 3 fully saturated rings. The Labute approximate surface area is 140 Å². The molecule has 3 aliphatic heterocycles. The maximum atomic E-state index is 12.5. The van der Waals surface area contributed by atoms with Crippen LogP contribution in [0.5, 0.6) is 0 Å². The number of halogens is 2. The van der Waals surface area contributed by atoms with Crippen molar-refractivity contribution in [1.29, 1.82) is 0 Å². The monoisotopic (exact) mass is 337 g/mol. The second-order valence-corrected chi connectivity index (χ2v) is 6.87. The lowest BCUT2D eigenvalue weighted by atomic mass is 9.81. The van der Waals surface area contributed by atoms with Gasteiger partial charge in [-0.1, -0.05) is 0 Å². The predicted octanol–water partition coefficient (Wildman–Crippen LogP) is 1.96. The zero-order valence-corrected chi connectivity index (χ0v) is 14.5. The summed E-state index contributed by atoms with van der Waals surface area (Å²) in [5, 5.41) is 6.70. The Bertz CT molecular complexity index is 348. The minimum atomic E-state index is -0.189. The lowest BCUT2D eigenvalue weighted by Gasteiger charge is -2.38. The molecule has 4 nitrogen and oxygen atoms in total. The van der Waals surface area contributed by atoms with E-state index in [4.69, 9.17) is 0 Å². The summed E-state index contributed by atoms with van der Waals surface area (Å²) in [6, 6.07) is 1.14. The molecule has 3 unspecified atom stereocenters. The van der Waals surface area contributed by atoms with Crippen molar-refractivity contribution >= 4 is 30.7 Å². The number of nitrogens with one attached hydrogen (secondary N) is 2. The number of hydrogen-bond acceptors (Lipinski definition) is 3. The quantitative estimate of drug-likeness (QED) is 0.809. The van der Waals surface area contributed by atoms with Crippen molar-refractivity contribution < 1.29 is 4.79 Å². The van der Waals surface area contributed by atoms with Crippen molar-refractivity contribution in [3.05, 3.63) is 0 Å². The van der Waals surface area contributed by atoms with Crippen molar-refractivity contribution in [1.82, 2.24) is 15.5 Å². The zero-order valence-electron chi connectivity index (χ0n) is 12.9. The molecule has 2 N–H and O–H groups in total. The summed E-state index contributed by atoms with van der Waals surface area (Å²) in [6.45, 7) is 6.45. The Balaban J connectivity index is 0.00000110. The highest BCUT2D eigenvalue weighted by Crippen LogP contribution is 2.29. The molecule has 3 saturated heterocycles. The van der Waals surface area contributed by atoms with Crippen molar-refractivity contribution in [2.75, 3.05) is 26.2 Å². The summed E-state index contributed by atoms with van der Waals surface area (Å²) in [6.07, 6.45) is 7.10. The first-order valence-electron chi connectivity index (χ1n) is 7.93. The number of nitrogens with zero attached hydrogens (tertiary/aromatic N) is 1. The van der Waals surface area contributed by atoms with E-state index in [1.807, 2.05) is 0 Å². The number of hydrogen-bond donors (Lipinski definition) is 2. The summed E-state index contributed by atoms with van der Waals surface area (Å²) < 4.78 is 0. The summed E-state index contributed by atoms with van der Waals surface area (Å²) in [7, 11) is 0. The molecule has 3 aliphatic rings. The highest BCUT2D eigenvalue weighted by molar-refractivity contribution is 5.85. The van der Waals surface area contributed by atoms with Crippen LogP contribution in [0.3, 0.4) is 0 Å². The molecular formula is C15H29Cl2N3O. The molecule has 21 heavy (non-hydrogen) atoms. The number of piperidine rings is 2. The third kappa shape index (κ3) is 4.25. The predicted molar refractivity (Wildman–Crippen MR) is 90.5 cm³/mol. The maximum absolute atomic E-state index is 12.5. The maximum Gasteiger partial charge on any atom is 0.227 e. The van der Waals surface area contributed by atoms with Crippen LogP contribution in [0.4, 0.5) is 0 Å². The highest BCUT2D eigenvalue weighted by Gasteiger charge is 2.38. The zero-order chi connectivity index (χ0) is 13.3. The normalized spacial score (nSPS) is 36.0. The Morgan fingerprint density at radius 3 is 2.76 bits per heavy atom. The summed E-state index contributed by atoms with van der Waals surface area (Å²) >= 11 is 0. The smallest absolute Gasteiger partial charge is 0.227 e. The number of carbonyl (C=O) groups excluding carboxylic acids is 1. The molecule has 0 bridgehead atoms. The SMILES string of the molecule is CC1(C(=O)NC2CCN3CCCC3C2)CCCNC1.Cl.Cl. The third-order valence-electron chi connectivity index (χ3n) is 5.30. The molecule has 6 heteroatoms. The van der Waals surface area contributed by atoms with E-state index in [0.717, 1.165) is 44.8 Å². The fourth-order valence-electron chi connectivity index (χ4n) is 3.97. The molecule has 3 atom stereocenters. The second-order valence-electron chi connectivity index (χ2n) is 6.87. The van der Waals surface area contributed by atoms with E-state index >= 15 is 0 Å². The topological polar surface area (TPSA) is 44.4 Å². The lowest BCUT2D eigenvalue weighted by molar-refractivity contribution is -0.132. The van der Waals surface area contributed by atoms with Crippen molar-refractivity contribution in [2.24, 2.45) is 5.41 Å². The van der Waals surface area contributed by atoms with Gasteiger partial charge in [0.1, 0.15) is 0 Å². The van der Waals surface area contributed by atoms with Gasteiger partial charge in [0.05, 0.1) is 5.41 Å². The van der Waals surface area contributed by atoms with Crippen LogP contribution in [0.1, 0.15) is 45.4 Å². The average Bonchev–Trinajstić information content (AvgIpc) is 2.87. The first-order chi connectivity index (χ1) is 9.17. The highest BCUT2D eigenvalue weighted by atomic mass is 35.5. The van der Waals surface area contributed by atoms with Crippen molar-refractivity contribution in [3.63, 3.8) is 0 Å². The van der Waals surface area contributed by atoms with Crippen LogP contribution < -0.4 is 10.6 Å². The fraction of sp³-hybridized carbons (Fsp3) is 0.933. The Kier molecular flexibility index (Phi) is 7.25. The third-order valence-corrected chi connectivity index (χ3v) is 5.30. The van der Waals surface area contributed by atoms with Crippen LogP contribution >= 0.6 is 24.8 Å². The molecule has 0 saturated carbocycles. The van der Waals surface area contributed by atoms with Gasteiger partial charge in [0.25, 0.3) is 0 Å². The van der Waals surface area contributed by atoms with E-state index in [1.165, 1.54) is 25.9 Å². The van der Waals surface area contributed by atoms with E-state index in [1.54, 1.807) is 0 Å². The molecule has 0 aromatic heterocycles. The van der Waals surface area contributed by atoms with E-state index in [2.05, 4.69) is 22.5 Å². The summed E-state index contributed by atoms with van der Waals surface area (Å²) in [4.78, 5) is 15.1. The van der Waals surface area contributed by atoms with Gasteiger partial charge in [0.15, 0.2) is 0 Å². The van der Waals surface area contributed by atoms with Crippen LogP contribution in [0.25, 0.3) is 0 Å². The van der Waals surface area contributed by atoms with E-state index in [-0.39, 0.29) is 36.1 Å². The summed E-state index contributed by atoms with van der Waals surface area (Å²) in [5.41, 5.74) is -0.189. The van der Waals surface area contributed by atoms with E-state index in [0.29, 0.717) is 6.04 Å². The lowest BCUT2D eigenvalue weighted by Crippen LogP contribution is -2.54. The molecule has 0 aliphatic carbocycles. The molecule has 124 valence electrons. The average molecular weight is 338 g/mol. The number of rotatable bonds is 2. The molecule has 3 heterocycles. The van der Waals surface area contributed by atoms with Crippen LogP contribution in [0.15, 0.2) is 0 Å². The minimum Gasteiger partial charge on any atom is -0.353 e. The molecule has 0 radical (unpaired) electrons. The Hall–Kier alpha value is -0.0300. The van der Waals surface area contributed by atoms with Gasteiger partial charge in [-0.05, 0) is 58.5 Å². The van der Waals surface area contributed by atoms with Crippen molar-refractivity contribution in [2.45, 2.75) is 57.5 Å². The molecule has 0 spiro atoms. The number of amides is 1. The van der Waals surface area contributed by atoms with Gasteiger partial charge in [0, 0.05) is 25.2 Å². The van der Waals surface area contributed by atoms with E-state index in [9.17, 15) is 4.79 Å².